The quantitative estimate of drug-likeness (QED) is 0.342. The molecule has 0 fully saturated rings. The highest BCUT2D eigenvalue weighted by Gasteiger charge is 2.31. The van der Waals surface area contributed by atoms with Crippen molar-refractivity contribution in [1.29, 1.82) is 0 Å². The normalized spacial score (nSPS) is 12.6. The summed E-state index contributed by atoms with van der Waals surface area (Å²) in [7, 11) is 0. The second kappa shape index (κ2) is 8.92. The van der Waals surface area contributed by atoms with Crippen molar-refractivity contribution in [3.05, 3.63) is 112 Å². The number of fused-ring (bicyclic) bond motifs is 3. The van der Waals surface area contributed by atoms with Crippen LogP contribution in [0.3, 0.4) is 0 Å². The van der Waals surface area contributed by atoms with Gasteiger partial charge in [0.15, 0.2) is 0 Å². The summed E-state index contributed by atoms with van der Waals surface area (Å²) in [6.07, 6.45) is -2.20. The molecule has 1 amide bonds. The van der Waals surface area contributed by atoms with Gasteiger partial charge in [0.05, 0.1) is 22.8 Å². The van der Waals surface area contributed by atoms with E-state index in [1.165, 1.54) is 4.57 Å². The van der Waals surface area contributed by atoms with Crippen molar-refractivity contribution in [1.82, 2.24) is 19.9 Å². The van der Waals surface area contributed by atoms with E-state index < -0.39 is 17.3 Å². The standard InChI is InChI=1S/C27H19F3N4O2/c1-16(22-8-4-5-13-31-22)33-25(35)17-9-11-23-21(14-17)19-6-2-3-7-20(19)26(36)34(23)24-12-10-18(15-32-24)27(28,29)30/h2-16H,1H3,(H,33,35)/t16-/m0/s1. The molecule has 6 nitrogen and oxygen atoms in total. The molecule has 5 aromatic rings. The van der Waals surface area contributed by atoms with Gasteiger partial charge in [0.25, 0.3) is 11.5 Å². The second-order valence-electron chi connectivity index (χ2n) is 8.27. The van der Waals surface area contributed by atoms with Gasteiger partial charge in [0.1, 0.15) is 5.82 Å². The number of aromatic nitrogens is 3. The number of benzene rings is 2. The second-order valence-corrected chi connectivity index (χ2v) is 8.27. The van der Waals surface area contributed by atoms with E-state index in [4.69, 9.17) is 0 Å². The lowest BCUT2D eigenvalue weighted by molar-refractivity contribution is -0.137. The van der Waals surface area contributed by atoms with E-state index in [2.05, 4.69) is 15.3 Å². The summed E-state index contributed by atoms with van der Waals surface area (Å²) in [5, 5.41) is 4.47. The summed E-state index contributed by atoms with van der Waals surface area (Å²) in [4.78, 5) is 34.6. The molecule has 0 unspecified atom stereocenters. The Kier molecular flexibility index (Phi) is 5.75. The molecule has 180 valence electrons. The molecule has 3 aromatic heterocycles. The lowest BCUT2D eigenvalue weighted by Gasteiger charge is -2.16. The highest BCUT2D eigenvalue weighted by atomic mass is 19.4. The van der Waals surface area contributed by atoms with Gasteiger partial charge in [-0.15, -0.1) is 0 Å². The molecule has 1 N–H and O–H groups in total. The van der Waals surface area contributed by atoms with Gasteiger partial charge >= 0.3 is 6.18 Å². The Morgan fingerprint density at radius 3 is 2.33 bits per heavy atom. The monoisotopic (exact) mass is 488 g/mol. The lowest BCUT2D eigenvalue weighted by atomic mass is 10.0. The zero-order chi connectivity index (χ0) is 25.4. The number of amides is 1. The molecule has 0 bridgehead atoms. The van der Waals surface area contributed by atoms with E-state index in [1.54, 1.807) is 54.7 Å². The van der Waals surface area contributed by atoms with Crippen LogP contribution in [0.15, 0.2) is 90.0 Å². The van der Waals surface area contributed by atoms with Crippen LogP contribution >= 0.6 is 0 Å². The number of nitrogens with zero attached hydrogens (tertiary/aromatic N) is 3. The molecule has 5 rings (SSSR count). The Hall–Kier alpha value is -4.53. The van der Waals surface area contributed by atoms with Crippen molar-refractivity contribution >= 4 is 27.6 Å². The average Bonchev–Trinajstić information content (AvgIpc) is 2.89. The van der Waals surface area contributed by atoms with Crippen LogP contribution in [-0.4, -0.2) is 20.4 Å². The molecule has 1 atom stereocenters. The van der Waals surface area contributed by atoms with Gasteiger partial charge in [-0.25, -0.2) is 4.98 Å². The highest BCUT2D eigenvalue weighted by molar-refractivity contribution is 6.09. The number of nitrogens with one attached hydrogen (secondary N) is 1. The zero-order valence-corrected chi connectivity index (χ0v) is 19.0. The molecule has 0 spiro atoms. The highest BCUT2D eigenvalue weighted by Crippen LogP contribution is 2.30. The summed E-state index contributed by atoms with van der Waals surface area (Å²) in [6, 6.07) is 18.9. The Bertz CT molecular complexity index is 1650. The molecule has 0 saturated carbocycles. The van der Waals surface area contributed by atoms with Gasteiger partial charge in [0, 0.05) is 28.7 Å². The van der Waals surface area contributed by atoms with Crippen molar-refractivity contribution in [3.63, 3.8) is 0 Å². The molecular formula is C27H19F3N4O2. The SMILES string of the molecule is C[C@H](NC(=O)c1ccc2c(c1)c1ccccc1c(=O)n2-c1ccc(C(F)(F)F)cn1)c1ccccn1. The number of alkyl halides is 3. The summed E-state index contributed by atoms with van der Waals surface area (Å²) in [5.74, 6) is -0.283. The number of halogens is 3. The van der Waals surface area contributed by atoms with Gasteiger partial charge in [-0.2, -0.15) is 13.2 Å². The predicted octanol–water partition coefficient (Wildman–Crippen LogP) is 5.44. The fraction of sp³-hybridized carbons (Fsp3) is 0.111. The van der Waals surface area contributed by atoms with Crippen LogP contribution in [0.2, 0.25) is 0 Å². The predicted molar refractivity (Wildman–Crippen MR) is 130 cm³/mol. The first kappa shape index (κ1) is 23.2. The maximum Gasteiger partial charge on any atom is 0.417 e. The van der Waals surface area contributed by atoms with Gasteiger partial charge in [-0.1, -0.05) is 24.3 Å². The van der Waals surface area contributed by atoms with E-state index >= 15 is 0 Å². The zero-order valence-electron chi connectivity index (χ0n) is 19.0. The molecule has 0 aliphatic rings. The number of hydrogen-bond acceptors (Lipinski definition) is 4. The molecule has 0 saturated heterocycles. The van der Waals surface area contributed by atoms with Crippen LogP contribution in [0.25, 0.3) is 27.5 Å². The van der Waals surface area contributed by atoms with Crippen molar-refractivity contribution in [2.45, 2.75) is 19.1 Å². The van der Waals surface area contributed by atoms with Crippen LogP contribution in [0.1, 0.15) is 34.6 Å². The minimum absolute atomic E-state index is 0.0460. The fourth-order valence-corrected chi connectivity index (χ4v) is 4.12. The molecule has 0 aliphatic heterocycles. The minimum atomic E-state index is -4.55. The maximum atomic E-state index is 13.4. The van der Waals surface area contributed by atoms with E-state index in [9.17, 15) is 22.8 Å². The smallest absolute Gasteiger partial charge is 0.344 e. The van der Waals surface area contributed by atoms with Gasteiger partial charge in [-0.05, 0) is 60.8 Å². The third kappa shape index (κ3) is 4.19. The number of carbonyl (C=O) groups is 1. The molecule has 36 heavy (non-hydrogen) atoms. The number of rotatable bonds is 4. The number of carbonyl (C=O) groups excluding carboxylic acids is 1. The Labute approximate surface area is 203 Å². The number of hydrogen-bond donors (Lipinski definition) is 1. The summed E-state index contributed by atoms with van der Waals surface area (Å²) < 4.78 is 40.4. The van der Waals surface area contributed by atoms with Crippen LogP contribution in [-0.2, 0) is 6.18 Å². The molecule has 3 heterocycles. The van der Waals surface area contributed by atoms with Crippen molar-refractivity contribution in [3.8, 4) is 5.82 Å². The van der Waals surface area contributed by atoms with Crippen LogP contribution < -0.4 is 10.9 Å². The molecular weight excluding hydrogens is 469 g/mol. The largest absolute Gasteiger partial charge is 0.417 e. The fourth-order valence-electron chi connectivity index (χ4n) is 4.12. The minimum Gasteiger partial charge on any atom is -0.344 e. The first-order valence-corrected chi connectivity index (χ1v) is 11.1. The first-order chi connectivity index (χ1) is 17.2. The Morgan fingerprint density at radius 1 is 0.917 bits per heavy atom. The molecule has 0 aliphatic carbocycles. The van der Waals surface area contributed by atoms with Crippen molar-refractivity contribution in [2.75, 3.05) is 0 Å². The van der Waals surface area contributed by atoms with Crippen LogP contribution in [0, 0.1) is 0 Å². The summed E-state index contributed by atoms with van der Waals surface area (Å²) in [6.45, 7) is 1.82. The topological polar surface area (TPSA) is 76.9 Å². The summed E-state index contributed by atoms with van der Waals surface area (Å²) >= 11 is 0. The molecule has 0 radical (unpaired) electrons. The van der Waals surface area contributed by atoms with E-state index in [0.717, 1.165) is 12.1 Å². The van der Waals surface area contributed by atoms with Crippen molar-refractivity contribution < 1.29 is 18.0 Å². The first-order valence-electron chi connectivity index (χ1n) is 11.1. The van der Waals surface area contributed by atoms with E-state index in [-0.39, 0.29) is 17.8 Å². The van der Waals surface area contributed by atoms with E-state index in [0.29, 0.717) is 39.1 Å². The number of pyridine rings is 3. The van der Waals surface area contributed by atoms with Crippen LogP contribution in [0.5, 0.6) is 0 Å². The van der Waals surface area contributed by atoms with Gasteiger partial charge < -0.3 is 5.32 Å². The Balaban J connectivity index is 1.63. The third-order valence-electron chi connectivity index (χ3n) is 5.93. The summed E-state index contributed by atoms with van der Waals surface area (Å²) in [5.41, 5.74) is 0.150. The molecule has 9 heteroatoms. The van der Waals surface area contributed by atoms with Gasteiger partial charge in [0.2, 0.25) is 0 Å². The van der Waals surface area contributed by atoms with Crippen molar-refractivity contribution in [2.24, 2.45) is 0 Å². The lowest BCUT2D eigenvalue weighted by Crippen LogP contribution is -2.27. The Morgan fingerprint density at radius 2 is 1.67 bits per heavy atom. The molecule has 2 aromatic carbocycles. The maximum absolute atomic E-state index is 13.4. The van der Waals surface area contributed by atoms with E-state index in [1.807, 2.05) is 19.1 Å². The van der Waals surface area contributed by atoms with Crippen LogP contribution in [0.4, 0.5) is 13.2 Å². The third-order valence-corrected chi connectivity index (χ3v) is 5.93. The van der Waals surface area contributed by atoms with Gasteiger partial charge in [-0.3, -0.25) is 19.1 Å². The average molecular weight is 488 g/mol.